The van der Waals surface area contributed by atoms with Gasteiger partial charge in [0.15, 0.2) is 0 Å². The molecule has 0 aliphatic carbocycles. The van der Waals surface area contributed by atoms with Crippen molar-refractivity contribution in [3.05, 3.63) is 92.9 Å². The van der Waals surface area contributed by atoms with Crippen LogP contribution in [-0.4, -0.2) is 39.2 Å². The number of rotatable bonds is 7. The number of halogens is 1. The van der Waals surface area contributed by atoms with E-state index >= 15 is 0 Å². The Morgan fingerprint density at radius 1 is 0.882 bits per heavy atom. The molecule has 34 heavy (non-hydrogen) atoms. The van der Waals surface area contributed by atoms with Gasteiger partial charge in [-0.3, -0.25) is 0 Å². The zero-order valence-electron chi connectivity index (χ0n) is 18.7. The van der Waals surface area contributed by atoms with Crippen LogP contribution in [0, 0.1) is 3.57 Å². The van der Waals surface area contributed by atoms with E-state index in [2.05, 4.69) is 0 Å². The number of hydrogen-bond acceptors (Lipinski definition) is 8. The van der Waals surface area contributed by atoms with Crippen LogP contribution in [0.3, 0.4) is 0 Å². The van der Waals surface area contributed by atoms with Crippen LogP contribution in [0.2, 0.25) is 0 Å². The van der Waals surface area contributed by atoms with E-state index in [4.69, 9.17) is 18.9 Å². The average molecular weight is 575 g/mol. The number of allylic oxidation sites excluding steroid dienone is 2. The molecule has 0 saturated carbocycles. The van der Waals surface area contributed by atoms with Gasteiger partial charge in [-0.2, -0.15) is 0 Å². The SMILES string of the molecule is COC(=O)C1=C(C(=O)OC)N(c2c(I)cc(C(=O)OC)cc2OCc2ccccc2)C=CC=C1. The Morgan fingerprint density at radius 2 is 1.56 bits per heavy atom. The van der Waals surface area contributed by atoms with Gasteiger partial charge < -0.3 is 23.8 Å². The molecule has 0 amide bonds. The van der Waals surface area contributed by atoms with Crippen molar-refractivity contribution in [3.63, 3.8) is 0 Å². The minimum Gasteiger partial charge on any atom is -0.487 e. The summed E-state index contributed by atoms with van der Waals surface area (Å²) in [7, 11) is 3.74. The Kier molecular flexibility index (Phi) is 8.47. The van der Waals surface area contributed by atoms with Crippen molar-refractivity contribution in [1.82, 2.24) is 0 Å². The van der Waals surface area contributed by atoms with Crippen LogP contribution in [0.4, 0.5) is 5.69 Å². The van der Waals surface area contributed by atoms with E-state index in [0.29, 0.717) is 15.0 Å². The normalized spacial score (nSPS) is 12.8. The Labute approximate surface area is 210 Å². The summed E-state index contributed by atoms with van der Waals surface area (Å²) in [6.07, 6.45) is 6.33. The summed E-state index contributed by atoms with van der Waals surface area (Å²) in [6.45, 7) is 0.200. The number of nitrogens with zero attached hydrogens (tertiary/aromatic N) is 1. The lowest BCUT2D eigenvalue weighted by Crippen LogP contribution is -2.28. The second kappa shape index (κ2) is 11.5. The lowest BCUT2D eigenvalue weighted by molar-refractivity contribution is -0.139. The van der Waals surface area contributed by atoms with Crippen LogP contribution in [-0.2, 0) is 30.4 Å². The quantitative estimate of drug-likeness (QED) is 0.277. The van der Waals surface area contributed by atoms with Gasteiger partial charge in [-0.25, -0.2) is 14.4 Å². The average Bonchev–Trinajstić information content (AvgIpc) is 3.09. The first kappa shape index (κ1) is 25.0. The van der Waals surface area contributed by atoms with Crippen molar-refractivity contribution in [2.75, 3.05) is 26.2 Å². The Bertz CT molecular complexity index is 1190. The number of methoxy groups -OCH3 is 3. The maximum absolute atomic E-state index is 12.8. The van der Waals surface area contributed by atoms with Crippen LogP contribution >= 0.6 is 22.6 Å². The van der Waals surface area contributed by atoms with Gasteiger partial charge in [-0.05, 0) is 52.4 Å². The summed E-state index contributed by atoms with van der Waals surface area (Å²) in [5.74, 6) is -1.70. The largest absolute Gasteiger partial charge is 0.487 e. The highest BCUT2D eigenvalue weighted by molar-refractivity contribution is 14.1. The molecule has 3 rings (SSSR count). The first-order valence-corrected chi connectivity index (χ1v) is 11.1. The van der Waals surface area contributed by atoms with E-state index in [0.717, 1.165) is 5.56 Å². The van der Waals surface area contributed by atoms with E-state index in [-0.39, 0.29) is 23.4 Å². The summed E-state index contributed by atoms with van der Waals surface area (Å²) in [4.78, 5) is 39.1. The predicted octanol–water partition coefficient (Wildman–Crippen LogP) is 4.15. The summed E-state index contributed by atoms with van der Waals surface area (Å²) in [6, 6.07) is 12.6. The molecular weight excluding hydrogens is 553 g/mol. The molecule has 1 aliphatic rings. The van der Waals surface area contributed by atoms with Crippen LogP contribution in [0.15, 0.2) is 78.2 Å². The predicted molar refractivity (Wildman–Crippen MR) is 133 cm³/mol. The standard InChI is InChI=1S/C25H22INO7/c1-31-23(28)17-13-19(26)22(20(14-17)34-15-16-9-5-4-6-10-16)27-12-8-7-11-18(24(29)32-2)21(27)25(30)33-3/h4-14H,15H2,1-3H3. The molecule has 9 heteroatoms. The van der Waals surface area contributed by atoms with E-state index in [1.54, 1.807) is 24.4 Å². The highest BCUT2D eigenvalue weighted by Gasteiger charge is 2.31. The molecule has 0 aromatic heterocycles. The molecule has 0 saturated heterocycles. The zero-order chi connectivity index (χ0) is 24.7. The highest BCUT2D eigenvalue weighted by atomic mass is 127. The third kappa shape index (κ3) is 5.48. The number of carbonyl (C=O) groups is 3. The zero-order valence-corrected chi connectivity index (χ0v) is 20.9. The Morgan fingerprint density at radius 3 is 2.21 bits per heavy atom. The van der Waals surface area contributed by atoms with Gasteiger partial charge in [0.05, 0.1) is 32.5 Å². The number of hydrogen-bond donors (Lipinski definition) is 0. The number of ether oxygens (including phenoxy) is 4. The molecule has 0 N–H and O–H groups in total. The molecule has 1 aliphatic heterocycles. The second-order valence-electron chi connectivity index (χ2n) is 6.89. The van der Waals surface area contributed by atoms with E-state index in [9.17, 15) is 14.4 Å². The first-order chi connectivity index (χ1) is 16.4. The molecule has 176 valence electrons. The molecule has 1 heterocycles. The lowest BCUT2D eigenvalue weighted by atomic mass is 10.1. The van der Waals surface area contributed by atoms with Crippen LogP contribution in [0.25, 0.3) is 0 Å². The molecule has 0 fully saturated rings. The Hall–Kier alpha value is -3.60. The highest BCUT2D eigenvalue weighted by Crippen LogP contribution is 2.39. The van der Waals surface area contributed by atoms with Gasteiger partial charge >= 0.3 is 17.9 Å². The maximum Gasteiger partial charge on any atom is 0.355 e. The van der Waals surface area contributed by atoms with Crippen molar-refractivity contribution < 1.29 is 33.3 Å². The summed E-state index contributed by atoms with van der Waals surface area (Å²) < 4.78 is 21.4. The smallest absolute Gasteiger partial charge is 0.355 e. The van der Waals surface area contributed by atoms with Crippen molar-refractivity contribution in [2.24, 2.45) is 0 Å². The number of benzene rings is 2. The van der Waals surface area contributed by atoms with Gasteiger partial charge in [-0.1, -0.05) is 36.4 Å². The summed E-state index contributed by atoms with van der Waals surface area (Å²) in [5, 5.41) is 0. The molecular formula is C25H22INO7. The fourth-order valence-corrected chi connectivity index (χ4v) is 4.09. The van der Waals surface area contributed by atoms with Crippen molar-refractivity contribution in [3.8, 4) is 5.75 Å². The fraction of sp³-hybridized carbons (Fsp3) is 0.160. The number of anilines is 1. The van der Waals surface area contributed by atoms with Gasteiger partial charge in [0.1, 0.15) is 23.7 Å². The van der Waals surface area contributed by atoms with E-state index in [1.807, 2.05) is 52.9 Å². The van der Waals surface area contributed by atoms with Crippen molar-refractivity contribution >= 4 is 46.2 Å². The molecule has 2 aromatic rings. The summed E-state index contributed by atoms with van der Waals surface area (Å²) >= 11 is 2.04. The van der Waals surface area contributed by atoms with Gasteiger partial charge in [0.2, 0.25) is 0 Å². The minimum atomic E-state index is -0.751. The molecule has 2 aromatic carbocycles. The monoisotopic (exact) mass is 575 g/mol. The molecule has 0 spiro atoms. The Balaban J connectivity index is 2.21. The molecule has 0 unspecified atom stereocenters. The number of esters is 3. The van der Waals surface area contributed by atoms with Crippen molar-refractivity contribution in [2.45, 2.75) is 6.61 Å². The molecule has 0 atom stereocenters. The molecule has 0 bridgehead atoms. The van der Waals surface area contributed by atoms with E-state index < -0.39 is 17.9 Å². The van der Waals surface area contributed by atoms with Gasteiger partial charge in [0, 0.05) is 9.77 Å². The number of carbonyl (C=O) groups excluding carboxylic acids is 3. The first-order valence-electron chi connectivity index (χ1n) is 10.0. The molecule has 8 nitrogen and oxygen atoms in total. The van der Waals surface area contributed by atoms with Crippen LogP contribution < -0.4 is 9.64 Å². The maximum atomic E-state index is 12.8. The molecule has 0 radical (unpaired) electrons. The topological polar surface area (TPSA) is 91.4 Å². The van der Waals surface area contributed by atoms with Crippen LogP contribution in [0.1, 0.15) is 15.9 Å². The summed E-state index contributed by atoms with van der Waals surface area (Å²) in [5.41, 5.74) is 1.55. The third-order valence-electron chi connectivity index (χ3n) is 4.82. The second-order valence-corrected chi connectivity index (χ2v) is 8.05. The van der Waals surface area contributed by atoms with Crippen LogP contribution in [0.5, 0.6) is 5.75 Å². The minimum absolute atomic E-state index is 0.00111. The lowest BCUT2D eigenvalue weighted by Gasteiger charge is -2.26. The van der Waals surface area contributed by atoms with Gasteiger partial charge in [-0.15, -0.1) is 0 Å². The van der Waals surface area contributed by atoms with Gasteiger partial charge in [0.25, 0.3) is 0 Å². The van der Waals surface area contributed by atoms with E-state index in [1.165, 1.54) is 38.4 Å². The fourth-order valence-electron chi connectivity index (χ4n) is 3.23. The third-order valence-corrected chi connectivity index (χ3v) is 5.64. The van der Waals surface area contributed by atoms with Crippen molar-refractivity contribution in [1.29, 1.82) is 0 Å².